The smallest absolute Gasteiger partial charge is 0.252 e. The van der Waals surface area contributed by atoms with E-state index in [0.29, 0.717) is 11.9 Å². The van der Waals surface area contributed by atoms with E-state index >= 15 is 0 Å². The third kappa shape index (κ3) is 2.36. The lowest BCUT2D eigenvalue weighted by Crippen LogP contribution is -2.15. The Morgan fingerprint density at radius 2 is 2.28 bits per heavy atom. The van der Waals surface area contributed by atoms with E-state index in [1.165, 1.54) is 23.9 Å². The fraction of sp³-hybridized carbons (Fsp3) is 0.333. The summed E-state index contributed by atoms with van der Waals surface area (Å²) in [4.78, 5) is 8.15. The van der Waals surface area contributed by atoms with Crippen molar-refractivity contribution in [2.45, 2.75) is 25.4 Å². The first-order valence-electron chi connectivity index (χ1n) is 5.85. The monoisotopic (exact) mass is 240 g/mol. The van der Waals surface area contributed by atoms with Gasteiger partial charge < -0.3 is 5.32 Å². The third-order valence-electron chi connectivity index (χ3n) is 2.81. The van der Waals surface area contributed by atoms with Gasteiger partial charge in [-0.2, -0.15) is 5.26 Å². The van der Waals surface area contributed by atoms with Crippen molar-refractivity contribution >= 4 is 0 Å². The Hall–Kier alpha value is -2.26. The first kappa shape index (κ1) is 10.9. The Kier molecular flexibility index (Phi) is 2.74. The van der Waals surface area contributed by atoms with E-state index in [4.69, 9.17) is 5.26 Å². The van der Waals surface area contributed by atoms with Crippen LogP contribution in [0.5, 0.6) is 0 Å². The standard InChI is InChI=1S/C12H12N6/c13-5-11-16-8-18(17-11)12-4-1-9(7-15-12)6-14-10-2-3-10/h1,4,7-8,10,14H,2-3,6H2. The fourth-order valence-electron chi connectivity index (χ4n) is 1.63. The molecule has 0 unspecified atom stereocenters. The molecular formula is C12H12N6. The molecule has 0 amide bonds. The molecule has 2 aromatic rings. The lowest BCUT2D eigenvalue weighted by molar-refractivity contribution is 0.685. The SMILES string of the molecule is N#Cc1ncn(-c2ccc(CNC3CC3)cn2)n1. The van der Waals surface area contributed by atoms with Crippen LogP contribution in [-0.2, 0) is 6.54 Å². The molecule has 90 valence electrons. The van der Waals surface area contributed by atoms with Crippen LogP contribution in [0.3, 0.4) is 0 Å². The van der Waals surface area contributed by atoms with Crippen LogP contribution in [0.15, 0.2) is 24.7 Å². The van der Waals surface area contributed by atoms with Gasteiger partial charge in [0.15, 0.2) is 5.82 Å². The summed E-state index contributed by atoms with van der Waals surface area (Å²) in [5, 5.41) is 16.1. The van der Waals surface area contributed by atoms with Gasteiger partial charge in [-0.1, -0.05) is 6.07 Å². The highest BCUT2D eigenvalue weighted by Gasteiger charge is 2.19. The van der Waals surface area contributed by atoms with Crippen LogP contribution in [-0.4, -0.2) is 25.8 Å². The normalized spacial score (nSPS) is 14.4. The molecule has 1 aliphatic rings. The number of nitriles is 1. The molecular weight excluding hydrogens is 228 g/mol. The second-order valence-corrected chi connectivity index (χ2v) is 4.30. The predicted octanol–water partition coefficient (Wildman–Crippen LogP) is 0.786. The quantitative estimate of drug-likeness (QED) is 0.854. The highest BCUT2D eigenvalue weighted by atomic mass is 15.4. The molecule has 18 heavy (non-hydrogen) atoms. The summed E-state index contributed by atoms with van der Waals surface area (Å²) in [6.45, 7) is 0.846. The van der Waals surface area contributed by atoms with E-state index in [0.717, 1.165) is 12.1 Å². The predicted molar refractivity (Wildman–Crippen MR) is 63.7 cm³/mol. The van der Waals surface area contributed by atoms with E-state index in [-0.39, 0.29) is 5.82 Å². The fourth-order valence-corrected chi connectivity index (χ4v) is 1.63. The van der Waals surface area contributed by atoms with Crippen molar-refractivity contribution in [2.75, 3.05) is 0 Å². The number of aromatic nitrogens is 4. The summed E-state index contributed by atoms with van der Waals surface area (Å²) in [6, 6.07) is 6.46. The maximum atomic E-state index is 8.65. The van der Waals surface area contributed by atoms with Gasteiger partial charge in [0.2, 0.25) is 0 Å². The summed E-state index contributed by atoms with van der Waals surface area (Å²) in [7, 11) is 0. The lowest BCUT2D eigenvalue weighted by atomic mass is 10.3. The molecule has 0 aliphatic heterocycles. The van der Waals surface area contributed by atoms with Gasteiger partial charge in [0.25, 0.3) is 5.82 Å². The van der Waals surface area contributed by atoms with Crippen molar-refractivity contribution in [3.05, 3.63) is 36.0 Å². The molecule has 0 saturated heterocycles. The van der Waals surface area contributed by atoms with Crippen LogP contribution in [0.25, 0.3) is 5.82 Å². The molecule has 0 aromatic carbocycles. The zero-order chi connectivity index (χ0) is 12.4. The van der Waals surface area contributed by atoms with Gasteiger partial charge in [-0.25, -0.2) is 14.6 Å². The summed E-state index contributed by atoms with van der Waals surface area (Å²) in [5.41, 5.74) is 1.14. The second kappa shape index (κ2) is 4.55. The van der Waals surface area contributed by atoms with Gasteiger partial charge in [0.1, 0.15) is 12.4 Å². The average molecular weight is 240 g/mol. The molecule has 3 rings (SSSR count). The van der Waals surface area contributed by atoms with E-state index < -0.39 is 0 Å². The van der Waals surface area contributed by atoms with Crippen molar-refractivity contribution in [2.24, 2.45) is 0 Å². The van der Waals surface area contributed by atoms with Gasteiger partial charge >= 0.3 is 0 Å². The van der Waals surface area contributed by atoms with Crippen LogP contribution in [0.2, 0.25) is 0 Å². The van der Waals surface area contributed by atoms with Gasteiger partial charge in [0, 0.05) is 18.8 Å². The zero-order valence-corrected chi connectivity index (χ0v) is 9.74. The summed E-state index contributed by atoms with van der Waals surface area (Å²) in [6.07, 6.45) is 5.87. The highest BCUT2D eigenvalue weighted by Crippen LogP contribution is 2.19. The third-order valence-corrected chi connectivity index (χ3v) is 2.81. The number of pyridine rings is 1. The van der Waals surface area contributed by atoms with Crippen LogP contribution < -0.4 is 5.32 Å². The van der Waals surface area contributed by atoms with Crippen molar-refractivity contribution in [3.63, 3.8) is 0 Å². The summed E-state index contributed by atoms with van der Waals surface area (Å²) < 4.78 is 1.50. The maximum absolute atomic E-state index is 8.65. The molecule has 0 spiro atoms. The minimum Gasteiger partial charge on any atom is -0.310 e. The Morgan fingerprint density at radius 3 is 2.89 bits per heavy atom. The summed E-state index contributed by atoms with van der Waals surface area (Å²) in [5.74, 6) is 0.815. The lowest BCUT2D eigenvalue weighted by Gasteiger charge is -2.03. The molecule has 1 N–H and O–H groups in total. The molecule has 1 fully saturated rings. The Bertz CT molecular complexity index is 575. The van der Waals surface area contributed by atoms with Gasteiger partial charge in [0.05, 0.1) is 0 Å². The Morgan fingerprint density at radius 1 is 1.39 bits per heavy atom. The van der Waals surface area contributed by atoms with E-state index in [2.05, 4.69) is 20.4 Å². The van der Waals surface area contributed by atoms with Gasteiger partial charge in [-0.05, 0) is 24.5 Å². The molecule has 0 radical (unpaired) electrons. The van der Waals surface area contributed by atoms with E-state index in [9.17, 15) is 0 Å². The molecule has 6 heteroatoms. The molecule has 0 atom stereocenters. The highest BCUT2D eigenvalue weighted by molar-refractivity contribution is 5.24. The molecule has 1 aliphatic carbocycles. The van der Waals surface area contributed by atoms with E-state index in [1.807, 2.05) is 24.4 Å². The molecule has 2 heterocycles. The molecule has 2 aromatic heterocycles. The van der Waals surface area contributed by atoms with Crippen LogP contribution in [0, 0.1) is 11.3 Å². The van der Waals surface area contributed by atoms with Crippen LogP contribution >= 0.6 is 0 Å². The average Bonchev–Trinajstić information content (AvgIpc) is 3.12. The summed E-state index contributed by atoms with van der Waals surface area (Å²) >= 11 is 0. The van der Waals surface area contributed by atoms with Crippen molar-refractivity contribution in [1.82, 2.24) is 25.1 Å². The molecule has 0 bridgehead atoms. The minimum absolute atomic E-state index is 0.149. The second-order valence-electron chi connectivity index (χ2n) is 4.30. The Balaban J connectivity index is 1.71. The maximum Gasteiger partial charge on any atom is 0.252 e. The van der Waals surface area contributed by atoms with E-state index in [1.54, 1.807) is 0 Å². The number of hydrogen-bond acceptors (Lipinski definition) is 5. The number of hydrogen-bond donors (Lipinski definition) is 1. The Labute approximate surface area is 104 Å². The minimum atomic E-state index is 0.149. The van der Waals surface area contributed by atoms with Crippen LogP contribution in [0.4, 0.5) is 0 Å². The topological polar surface area (TPSA) is 79.4 Å². The van der Waals surface area contributed by atoms with Crippen molar-refractivity contribution in [1.29, 1.82) is 5.26 Å². The van der Waals surface area contributed by atoms with Crippen molar-refractivity contribution in [3.8, 4) is 11.9 Å². The van der Waals surface area contributed by atoms with Gasteiger partial charge in [-0.15, -0.1) is 5.10 Å². The molecule has 6 nitrogen and oxygen atoms in total. The first-order valence-corrected chi connectivity index (χ1v) is 5.85. The first-order chi connectivity index (χ1) is 8.85. The molecule has 1 saturated carbocycles. The zero-order valence-electron chi connectivity index (χ0n) is 9.74. The van der Waals surface area contributed by atoms with Gasteiger partial charge in [-0.3, -0.25) is 0 Å². The van der Waals surface area contributed by atoms with Crippen LogP contribution in [0.1, 0.15) is 24.2 Å². The number of nitrogens with one attached hydrogen (secondary N) is 1. The largest absolute Gasteiger partial charge is 0.310 e. The number of nitrogens with zero attached hydrogens (tertiary/aromatic N) is 5. The van der Waals surface area contributed by atoms with Crippen molar-refractivity contribution < 1.29 is 0 Å². The number of rotatable bonds is 4.